The number of ether oxygens (including phenoxy) is 1. The van der Waals surface area contributed by atoms with Gasteiger partial charge in [0.05, 0.1) is 7.11 Å². The molecular formula is C14H19Br2NO4S. The van der Waals surface area contributed by atoms with Gasteiger partial charge < -0.3 is 4.74 Å². The second-order valence-corrected chi connectivity index (χ2v) is 8.44. The topological polar surface area (TPSA) is 72.5 Å². The van der Waals surface area contributed by atoms with Gasteiger partial charge in [0.1, 0.15) is 0 Å². The second kappa shape index (κ2) is 9.64. The lowest BCUT2D eigenvalue weighted by atomic mass is 10.0. The molecule has 0 spiro atoms. The van der Waals surface area contributed by atoms with Crippen LogP contribution in [0.15, 0.2) is 30.3 Å². The molecule has 1 N–H and O–H groups in total. The van der Waals surface area contributed by atoms with E-state index in [1.165, 1.54) is 0 Å². The molecule has 0 fully saturated rings. The summed E-state index contributed by atoms with van der Waals surface area (Å²) < 4.78 is 31.1. The van der Waals surface area contributed by atoms with Gasteiger partial charge in [-0.1, -0.05) is 62.2 Å². The molecule has 0 aliphatic rings. The van der Waals surface area contributed by atoms with Crippen molar-refractivity contribution in [3.05, 3.63) is 35.9 Å². The van der Waals surface area contributed by atoms with E-state index in [1.807, 2.05) is 30.3 Å². The molecule has 0 aliphatic heterocycles. The Labute approximate surface area is 148 Å². The zero-order valence-corrected chi connectivity index (χ0v) is 16.2. The molecule has 0 radical (unpaired) electrons. The van der Waals surface area contributed by atoms with Gasteiger partial charge in [0, 0.05) is 16.2 Å². The van der Waals surface area contributed by atoms with Crippen LogP contribution < -0.4 is 4.72 Å². The first kappa shape index (κ1) is 19.6. The summed E-state index contributed by atoms with van der Waals surface area (Å²) in [6.07, 6.45) is 1.40. The molecular weight excluding hydrogens is 438 g/mol. The van der Waals surface area contributed by atoms with Crippen LogP contribution in [0.2, 0.25) is 0 Å². The van der Waals surface area contributed by atoms with E-state index in [0.29, 0.717) is 6.42 Å². The third kappa shape index (κ3) is 7.21. The van der Waals surface area contributed by atoms with Gasteiger partial charge in [-0.05, 0) is 18.4 Å². The van der Waals surface area contributed by atoms with Crippen LogP contribution in [0, 0.1) is 0 Å². The van der Waals surface area contributed by atoms with Crippen LogP contribution in [-0.4, -0.2) is 37.4 Å². The standard InChI is InChI=1S/C14H19Br2NO4S/c1-21-14(18)10-22(19,20)17-13(8-7-12(16)9-15)11-5-3-2-4-6-11/h2-6,12-13,17H,7-10H2,1H3. The number of esters is 1. The third-order valence-corrected chi connectivity index (χ3v) is 6.69. The predicted octanol–water partition coefficient (Wildman–Crippen LogP) is 2.76. The molecule has 0 bridgehead atoms. The number of hydrogen-bond acceptors (Lipinski definition) is 4. The number of benzene rings is 1. The van der Waals surface area contributed by atoms with Crippen LogP contribution in [0.3, 0.4) is 0 Å². The number of hydrogen-bond donors (Lipinski definition) is 1. The highest BCUT2D eigenvalue weighted by atomic mass is 79.9. The monoisotopic (exact) mass is 455 g/mol. The van der Waals surface area contributed by atoms with Crippen LogP contribution >= 0.6 is 31.9 Å². The zero-order chi connectivity index (χ0) is 16.6. The van der Waals surface area contributed by atoms with Crippen molar-refractivity contribution in [2.24, 2.45) is 0 Å². The molecule has 22 heavy (non-hydrogen) atoms. The first-order chi connectivity index (χ1) is 10.4. The molecule has 2 unspecified atom stereocenters. The number of methoxy groups -OCH3 is 1. The normalized spacial score (nSPS) is 14.3. The zero-order valence-electron chi connectivity index (χ0n) is 12.2. The largest absolute Gasteiger partial charge is 0.468 e. The van der Waals surface area contributed by atoms with E-state index in [2.05, 4.69) is 41.3 Å². The van der Waals surface area contributed by atoms with E-state index >= 15 is 0 Å². The number of sulfonamides is 1. The molecule has 0 amide bonds. The van der Waals surface area contributed by atoms with Gasteiger partial charge in [0.2, 0.25) is 10.0 Å². The smallest absolute Gasteiger partial charge is 0.322 e. The van der Waals surface area contributed by atoms with Crippen LogP contribution in [0.4, 0.5) is 0 Å². The number of rotatable bonds is 9. The average molecular weight is 457 g/mol. The Morgan fingerprint density at radius 3 is 2.45 bits per heavy atom. The lowest BCUT2D eigenvalue weighted by molar-refractivity contribution is -0.137. The van der Waals surface area contributed by atoms with Crippen molar-refractivity contribution in [3.8, 4) is 0 Å². The van der Waals surface area contributed by atoms with Crippen molar-refractivity contribution < 1.29 is 17.9 Å². The van der Waals surface area contributed by atoms with E-state index < -0.39 is 21.7 Å². The lowest BCUT2D eigenvalue weighted by Crippen LogP contribution is -2.34. The van der Waals surface area contributed by atoms with E-state index in [1.54, 1.807) is 0 Å². The highest BCUT2D eigenvalue weighted by Crippen LogP contribution is 2.23. The highest BCUT2D eigenvalue weighted by Gasteiger charge is 2.23. The molecule has 0 aliphatic carbocycles. The minimum atomic E-state index is -3.75. The predicted molar refractivity (Wildman–Crippen MR) is 93.9 cm³/mol. The Morgan fingerprint density at radius 1 is 1.27 bits per heavy atom. The number of halogens is 2. The quantitative estimate of drug-likeness (QED) is 0.458. The average Bonchev–Trinajstić information content (AvgIpc) is 2.51. The highest BCUT2D eigenvalue weighted by molar-refractivity contribution is 9.12. The van der Waals surface area contributed by atoms with Gasteiger partial charge in [0.25, 0.3) is 0 Å². The molecule has 0 saturated heterocycles. The summed E-state index contributed by atoms with van der Waals surface area (Å²) in [5.74, 6) is -1.46. The van der Waals surface area contributed by atoms with Crippen molar-refractivity contribution in [2.75, 3.05) is 18.2 Å². The van der Waals surface area contributed by atoms with Crippen LogP contribution in [-0.2, 0) is 19.6 Å². The Morgan fingerprint density at radius 2 is 1.91 bits per heavy atom. The maximum absolute atomic E-state index is 12.1. The van der Waals surface area contributed by atoms with Crippen LogP contribution in [0.5, 0.6) is 0 Å². The maximum Gasteiger partial charge on any atom is 0.322 e. The number of carbonyl (C=O) groups is 1. The SMILES string of the molecule is COC(=O)CS(=O)(=O)NC(CCC(Br)CBr)c1ccccc1. The minimum absolute atomic E-state index is 0.254. The Kier molecular flexibility index (Phi) is 8.59. The van der Waals surface area contributed by atoms with Gasteiger partial charge in [0.15, 0.2) is 5.75 Å². The Bertz CT molecular complexity index is 565. The lowest BCUT2D eigenvalue weighted by Gasteiger charge is -2.20. The van der Waals surface area contributed by atoms with Crippen LogP contribution in [0.1, 0.15) is 24.4 Å². The summed E-state index contributed by atoms with van der Waals surface area (Å²) >= 11 is 6.89. The summed E-state index contributed by atoms with van der Waals surface area (Å²) in [6.45, 7) is 0. The molecule has 0 saturated carbocycles. The Hall–Kier alpha value is -0.440. The Balaban J connectivity index is 2.84. The molecule has 0 heterocycles. The summed E-state index contributed by atoms with van der Waals surface area (Å²) in [6, 6.07) is 8.93. The van der Waals surface area contributed by atoms with Crippen molar-refractivity contribution in [3.63, 3.8) is 0 Å². The van der Waals surface area contributed by atoms with E-state index in [0.717, 1.165) is 24.4 Å². The second-order valence-electron chi connectivity index (χ2n) is 4.75. The molecule has 8 heteroatoms. The molecule has 1 aromatic rings. The fourth-order valence-electron chi connectivity index (χ4n) is 1.88. The van der Waals surface area contributed by atoms with Crippen molar-refractivity contribution in [1.82, 2.24) is 4.72 Å². The molecule has 0 aromatic heterocycles. The number of carbonyl (C=O) groups excluding carboxylic acids is 1. The van der Waals surface area contributed by atoms with Gasteiger partial charge in [-0.25, -0.2) is 13.1 Å². The van der Waals surface area contributed by atoms with Crippen molar-refractivity contribution in [1.29, 1.82) is 0 Å². The third-order valence-electron chi connectivity index (χ3n) is 3.00. The van der Waals surface area contributed by atoms with Gasteiger partial charge >= 0.3 is 5.97 Å². The molecule has 5 nitrogen and oxygen atoms in total. The summed E-state index contributed by atoms with van der Waals surface area (Å²) in [4.78, 5) is 11.5. The van der Waals surface area contributed by atoms with Crippen molar-refractivity contribution >= 4 is 47.9 Å². The number of nitrogens with one attached hydrogen (secondary N) is 1. The van der Waals surface area contributed by atoms with Crippen LogP contribution in [0.25, 0.3) is 0 Å². The van der Waals surface area contributed by atoms with E-state index in [-0.39, 0.29) is 10.9 Å². The van der Waals surface area contributed by atoms with Crippen molar-refractivity contribution in [2.45, 2.75) is 23.7 Å². The minimum Gasteiger partial charge on any atom is -0.468 e. The summed E-state index contributed by atoms with van der Waals surface area (Å²) in [5.41, 5.74) is 0.866. The fourth-order valence-corrected chi connectivity index (χ4v) is 3.66. The molecule has 1 aromatic carbocycles. The maximum atomic E-state index is 12.1. The van der Waals surface area contributed by atoms with Gasteiger partial charge in [-0.2, -0.15) is 0 Å². The molecule has 2 atom stereocenters. The first-order valence-electron chi connectivity index (χ1n) is 6.69. The van der Waals surface area contributed by atoms with E-state index in [4.69, 9.17) is 0 Å². The molecule has 124 valence electrons. The first-order valence-corrected chi connectivity index (χ1v) is 10.4. The molecule has 1 rings (SSSR count). The van der Waals surface area contributed by atoms with E-state index in [9.17, 15) is 13.2 Å². The fraction of sp³-hybridized carbons (Fsp3) is 0.500. The summed E-state index contributed by atoms with van der Waals surface area (Å²) in [5, 5.41) is 0.781. The number of alkyl halides is 2. The summed E-state index contributed by atoms with van der Waals surface area (Å²) in [7, 11) is -2.58. The van der Waals surface area contributed by atoms with Gasteiger partial charge in [-0.3, -0.25) is 4.79 Å². The van der Waals surface area contributed by atoms with Gasteiger partial charge in [-0.15, -0.1) is 0 Å².